The van der Waals surface area contributed by atoms with Crippen molar-refractivity contribution in [1.29, 1.82) is 0 Å². The minimum Gasteiger partial charge on any atom is -0.462 e. The molecule has 2 heterocycles. The van der Waals surface area contributed by atoms with Gasteiger partial charge in [-0.1, -0.05) is 6.92 Å². The van der Waals surface area contributed by atoms with E-state index in [0.29, 0.717) is 12.5 Å². The van der Waals surface area contributed by atoms with Crippen LogP contribution in [0.3, 0.4) is 0 Å². The quantitative estimate of drug-likeness (QED) is 0.789. The second-order valence-corrected chi connectivity index (χ2v) is 4.39. The van der Waals surface area contributed by atoms with Crippen molar-refractivity contribution in [1.82, 2.24) is 5.32 Å². The number of ether oxygens (including phenoxy) is 2. The molecule has 1 N–H and O–H groups in total. The Labute approximate surface area is 102 Å². The molecule has 0 bridgehead atoms. The van der Waals surface area contributed by atoms with Crippen LogP contribution in [0, 0.1) is 5.92 Å². The first kappa shape index (κ1) is 12.6. The van der Waals surface area contributed by atoms with Crippen molar-refractivity contribution in [3.63, 3.8) is 0 Å². The summed E-state index contributed by atoms with van der Waals surface area (Å²) >= 11 is 0. The fraction of sp³-hybridized carbons (Fsp3) is 0.692. The lowest BCUT2D eigenvalue weighted by Crippen LogP contribution is -2.11. The number of hydrogen-bond acceptors (Lipinski definition) is 4. The Bertz CT molecular complexity index is 318. The van der Waals surface area contributed by atoms with E-state index in [1.165, 1.54) is 0 Å². The summed E-state index contributed by atoms with van der Waals surface area (Å²) in [5, 5.41) is 3.23. The Morgan fingerprint density at radius 2 is 2.29 bits per heavy atom. The summed E-state index contributed by atoms with van der Waals surface area (Å²) in [4.78, 5) is 0. The summed E-state index contributed by atoms with van der Waals surface area (Å²) in [6.07, 6.45) is 1.11. The van der Waals surface area contributed by atoms with Gasteiger partial charge in [-0.25, -0.2) is 0 Å². The summed E-state index contributed by atoms with van der Waals surface area (Å²) < 4.78 is 16.6. The van der Waals surface area contributed by atoms with Gasteiger partial charge in [0.1, 0.15) is 18.1 Å². The zero-order valence-electron chi connectivity index (χ0n) is 10.4. The molecule has 1 aliphatic rings. The van der Waals surface area contributed by atoms with Crippen LogP contribution in [-0.2, 0) is 22.6 Å². The largest absolute Gasteiger partial charge is 0.462 e. The molecule has 96 valence electrons. The zero-order chi connectivity index (χ0) is 11.9. The van der Waals surface area contributed by atoms with Crippen molar-refractivity contribution in [2.24, 2.45) is 5.92 Å². The average molecular weight is 239 g/mol. The van der Waals surface area contributed by atoms with Crippen molar-refractivity contribution in [2.75, 3.05) is 26.4 Å². The average Bonchev–Trinajstić information content (AvgIpc) is 2.98. The molecule has 1 unspecified atom stereocenters. The van der Waals surface area contributed by atoms with Crippen molar-refractivity contribution >= 4 is 0 Å². The molecule has 1 saturated heterocycles. The fourth-order valence-corrected chi connectivity index (χ4v) is 1.88. The van der Waals surface area contributed by atoms with Gasteiger partial charge in [-0.3, -0.25) is 0 Å². The van der Waals surface area contributed by atoms with E-state index < -0.39 is 0 Å². The third kappa shape index (κ3) is 4.15. The van der Waals surface area contributed by atoms with Crippen LogP contribution in [0.25, 0.3) is 0 Å². The molecule has 0 radical (unpaired) electrons. The normalized spacial score (nSPS) is 19.9. The highest BCUT2D eigenvalue weighted by atomic mass is 16.5. The monoisotopic (exact) mass is 239 g/mol. The van der Waals surface area contributed by atoms with Crippen molar-refractivity contribution < 1.29 is 13.9 Å². The van der Waals surface area contributed by atoms with Crippen LogP contribution in [0.4, 0.5) is 0 Å². The van der Waals surface area contributed by atoms with E-state index in [2.05, 4.69) is 12.2 Å². The maximum atomic E-state index is 5.63. The molecule has 1 aromatic rings. The van der Waals surface area contributed by atoms with E-state index in [9.17, 15) is 0 Å². The van der Waals surface area contributed by atoms with Gasteiger partial charge >= 0.3 is 0 Å². The van der Waals surface area contributed by atoms with Crippen molar-refractivity contribution in [2.45, 2.75) is 26.5 Å². The lowest BCUT2D eigenvalue weighted by Gasteiger charge is -2.07. The predicted molar refractivity (Wildman–Crippen MR) is 64.7 cm³/mol. The van der Waals surface area contributed by atoms with E-state index >= 15 is 0 Å². The van der Waals surface area contributed by atoms with Crippen LogP contribution in [0.2, 0.25) is 0 Å². The summed E-state index contributed by atoms with van der Waals surface area (Å²) in [6, 6.07) is 3.98. The van der Waals surface area contributed by atoms with Crippen LogP contribution < -0.4 is 5.32 Å². The second kappa shape index (κ2) is 6.79. The first-order valence-electron chi connectivity index (χ1n) is 6.32. The number of hydrogen-bond donors (Lipinski definition) is 1. The Kier molecular flexibility index (Phi) is 5.04. The van der Waals surface area contributed by atoms with Crippen LogP contribution in [-0.4, -0.2) is 26.4 Å². The maximum Gasteiger partial charge on any atom is 0.129 e. The van der Waals surface area contributed by atoms with Crippen molar-refractivity contribution in [3.8, 4) is 0 Å². The molecule has 17 heavy (non-hydrogen) atoms. The Morgan fingerprint density at radius 3 is 3.06 bits per heavy atom. The molecule has 1 aliphatic heterocycles. The molecular weight excluding hydrogens is 218 g/mol. The van der Waals surface area contributed by atoms with Crippen molar-refractivity contribution in [3.05, 3.63) is 23.7 Å². The standard InChI is InChI=1S/C13H21NO3/c1-2-14-7-12-3-4-13(17-12)10-16-9-11-5-6-15-8-11/h3-4,11,14H,2,5-10H2,1H3. The van der Waals surface area contributed by atoms with Gasteiger partial charge in [0.25, 0.3) is 0 Å². The molecule has 0 spiro atoms. The molecule has 4 nitrogen and oxygen atoms in total. The van der Waals surface area contributed by atoms with Gasteiger partial charge < -0.3 is 19.2 Å². The molecule has 0 saturated carbocycles. The minimum atomic E-state index is 0.558. The molecule has 4 heteroatoms. The van der Waals surface area contributed by atoms with Crippen LogP contribution in [0.1, 0.15) is 24.9 Å². The number of furan rings is 1. The van der Waals surface area contributed by atoms with Gasteiger partial charge in [0.05, 0.1) is 19.8 Å². The van der Waals surface area contributed by atoms with E-state index in [4.69, 9.17) is 13.9 Å². The third-order valence-electron chi connectivity index (χ3n) is 2.89. The Balaban J connectivity index is 1.65. The lowest BCUT2D eigenvalue weighted by molar-refractivity contribution is 0.0685. The molecule has 0 aliphatic carbocycles. The van der Waals surface area contributed by atoms with E-state index in [0.717, 1.165) is 50.9 Å². The summed E-state index contributed by atoms with van der Waals surface area (Å²) in [6.45, 7) is 6.86. The van der Waals surface area contributed by atoms with Crippen LogP contribution >= 0.6 is 0 Å². The van der Waals surface area contributed by atoms with E-state index in [1.807, 2.05) is 12.1 Å². The summed E-state index contributed by atoms with van der Waals surface area (Å²) in [5.74, 6) is 2.43. The summed E-state index contributed by atoms with van der Waals surface area (Å²) in [7, 11) is 0. The van der Waals surface area contributed by atoms with Gasteiger partial charge in [-0.05, 0) is 25.1 Å². The molecule has 1 aromatic heterocycles. The summed E-state index contributed by atoms with van der Waals surface area (Å²) in [5.41, 5.74) is 0. The molecule has 0 amide bonds. The zero-order valence-corrected chi connectivity index (χ0v) is 10.4. The molecule has 1 atom stereocenters. The highest BCUT2D eigenvalue weighted by Gasteiger charge is 2.15. The molecular formula is C13H21NO3. The molecule has 2 rings (SSSR count). The van der Waals surface area contributed by atoms with Gasteiger partial charge in [-0.2, -0.15) is 0 Å². The van der Waals surface area contributed by atoms with Gasteiger partial charge in [0, 0.05) is 12.5 Å². The minimum absolute atomic E-state index is 0.558. The predicted octanol–water partition coefficient (Wildman–Crippen LogP) is 1.94. The lowest BCUT2D eigenvalue weighted by atomic mass is 10.1. The third-order valence-corrected chi connectivity index (χ3v) is 2.89. The highest BCUT2D eigenvalue weighted by Crippen LogP contribution is 2.14. The molecule has 1 fully saturated rings. The number of nitrogens with one attached hydrogen (secondary N) is 1. The Morgan fingerprint density at radius 1 is 1.41 bits per heavy atom. The van der Waals surface area contributed by atoms with Gasteiger partial charge in [0.2, 0.25) is 0 Å². The first-order valence-corrected chi connectivity index (χ1v) is 6.32. The van der Waals surface area contributed by atoms with E-state index in [-0.39, 0.29) is 0 Å². The van der Waals surface area contributed by atoms with Gasteiger partial charge in [-0.15, -0.1) is 0 Å². The Hall–Kier alpha value is -0.840. The van der Waals surface area contributed by atoms with Gasteiger partial charge in [0.15, 0.2) is 0 Å². The smallest absolute Gasteiger partial charge is 0.129 e. The second-order valence-electron chi connectivity index (χ2n) is 4.39. The number of rotatable bonds is 7. The van der Waals surface area contributed by atoms with Crippen LogP contribution in [0.15, 0.2) is 16.5 Å². The SMILES string of the molecule is CCNCc1ccc(COCC2CCOC2)o1. The van der Waals surface area contributed by atoms with E-state index in [1.54, 1.807) is 0 Å². The topological polar surface area (TPSA) is 43.6 Å². The van der Waals surface area contributed by atoms with Crippen LogP contribution in [0.5, 0.6) is 0 Å². The molecule has 0 aromatic carbocycles. The fourth-order valence-electron chi connectivity index (χ4n) is 1.88. The first-order chi connectivity index (χ1) is 8.38. The highest BCUT2D eigenvalue weighted by molar-refractivity contribution is 5.06. The maximum absolute atomic E-state index is 5.63.